The largest absolute Gasteiger partial charge is 0.478 e. The number of ether oxygens (including phenoxy) is 2. The number of methoxy groups -OCH3 is 1. The summed E-state index contributed by atoms with van der Waals surface area (Å²) in [6, 6.07) is 6.50. The standard InChI is InChI=1S/C19H24N2O5/c1-12-6-7-17(21(23)24)19(8-12)26-11-18(22)16-9-13(2)20(15(16)4)14(3)10-25-5/h6-9,14H,10-11H2,1-5H3. The molecule has 0 saturated heterocycles. The Morgan fingerprint density at radius 3 is 2.58 bits per heavy atom. The molecule has 0 aliphatic carbocycles. The molecule has 1 aromatic heterocycles. The first-order chi connectivity index (χ1) is 12.3. The average molecular weight is 360 g/mol. The first kappa shape index (κ1) is 19.7. The van der Waals surface area contributed by atoms with E-state index in [0.717, 1.165) is 17.0 Å². The summed E-state index contributed by atoms with van der Waals surface area (Å²) in [5.74, 6) is -0.116. The summed E-state index contributed by atoms with van der Waals surface area (Å²) in [5, 5.41) is 11.1. The topological polar surface area (TPSA) is 83.6 Å². The summed E-state index contributed by atoms with van der Waals surface area (Å²) in [5.41, 5.74) is 3.02. The molecule has 2 rings (SSSR count). The van der Waals surface area contributed by atoms with Gasteiger partial charge in [0.05, 0.1) is 17.6 Å². The van der Waals surface area contributed by atoms with Gasteiger partial charge in [-0.25, -0.2) is 0 Å². The minimum absolute atomic E-state index is 0.0975. The Hall–Kier alpha value is -2.67. The predicted molar refractivity (Wildman–Crippen MR) is 98.2 cm³/mol. The maximum atomic E-state index is 12.6. The minimum Gasteiger partial charge on any atom is -0.478 e. The highest BCUT2D eigenvalue weighted by Gasteiger charge is 2.21. The molecule has 140 valence electrons. The number of benzene rings is 1. The number of Topliss-reactive ketones (excluding diaryl/α,β-unsaturated/α-hetero) is 1. The van der Waals surface area contributed by atoms with Crippen LogP contribution in [0.25, 0.3) is 0 Å². The summed E-state index contributed by atoms with van der Waals surface area (Å²) in [6.07, 6.45) is 0. The van der Waals surface area contributed by atoms with E-state index in [1.54, 1.807) is 19.2 Å². The monoisotopic (exact) mass is 360 g/mol. The first-order valence-electron chi connectivity index (χ1n) is 8.34. The lowest BCUT2D eigenvalue weighted by Gasteiger charge is -2.17. The van der Waals surface area contributed by atoms with Crippen molar-refractivity contribution < 1.29 is 19.2 Å². The number of hydrogen-bond acceptors (Lipinski definition) is 5. The maximum absolute atomic E-state index is 12.6. The molecule has 7 nitrogen and oxygen atoms in total. The fourth-order valence-electron chi connectivity index (χ4n) is 3.16. The lowest BCUT2D eigenvalue weighted by atomic mass is 10.1. The van der Waals surface area contributed by atoms with Crippen LogP contribution in [0, 0.1) is 30.9 Å². The van der Waals surface area contributed by atoms with Crippen molar-refractivity contribution in [3.63, 3.8) is 0 Å². The molecule has 0 radical (unpaired) electrons. The molecule has 0 fully saturated rings. The molecule has 0 aliphatic rings. The third kappa shape index (κ3) is 4.11. The predicted octanol–water partition coefficient (Wildman–Crippen LogP) is 3.79. The second kappa shape index (κ2) is 8.14. The van der Waals surface area contributed by atoms with Gasteiger partial charge in [-0.1, -0.05) is 6.07 Å². The Balaban J connectivity index is 2.21. The minimum atomic E-state index is -0.516. The highest BCUT2D eigenvalue weighted by atomic mass is 16.6. The smallest absolute Gasteiger partial charge is 0.310 e. The van der Waals surface area contributed by atoms with Crippen molar-refractivity contribution in [1.29, 1.82) is 0 Å². The molecule has 0 N–H and O–H groups in total. The van der Waals surface area contributed by atoms with Gasteiger partial charge in [-0.05, 0) is 45.4 Å². The zero-order valence-electron chi connectivity index (χ0n) is 15.7. The second-order valence-corrected chi connectivity index (χ2v) is 6.40. The molecule has 1 unspecified atom stereocenters. The van der Waals surface area contributed by atoms with Crippen molar-refractivity contribution in [1.82, 2.24) is 4.57 Å². The number of carbonyl (C=O) groups excluding carboxylic acids is 1. The van der Waals surface area contributed by atoms with E-state index in [9.17, 15) is 14.9 Å². The molecular weight excluding hydrogens is 336 g/mol. The number of nitro benzene ring substituents is 1. The van der Waals surface area contributed by atoms with Crippen LogP contribution in [-0.2, 0) is 4.74 Å². The number of hydrogen-bond donors (Lipinski definition) is 0. The molecule has 1 aromatic carbocycles. The van der Waals surface area contributed by atoms with Crippen LogP contribution >= 0.6 is 0 Å². The van der Waals surface area contributed by atoms with Gasteiger partial charge in [0, 0.05) is 30.1 Å². The molecule has 2 aromatic rings. The maximum Gasteiger partial charge on any atom is 0.310 e. The van der Waals surface area contributed by atoms with Gasteiger partial charge < -0.3 is 14.0 Å². The van der Waals surface area contributed by atoms with Crippen LogP contribution < -0.4 is 4.74 Å². The van der Waals surface area contributed by atoms with Crippen LogP contribution in [0.4, 0.5) is 5.69 Å². The van der Waals surface area contributed by atoms with Gasteiger partial charge in [-0.2, -0.15) is 0 Å². The highest BCUT2D eigenvalue weighted by molar-refractivity contribution is 5.98. The third-order valence-electron chi connectivity index (χ3n) is 4.30. The van der Waals surface area contributed by atoms with Gasteiger partial charge in [0.25, 0.3) is 0 Å². The summed E-state index contributed by atoms with van der Waals surface area (Å²) in [4.78, 5) is 23.2. The molecule has 0 amide bonds. The molecule has 1 heterocycles. The number of aromatic nitrogens is 1. The van der Waals surface area contributed by atoms with Crippen LogP contribution in [0.3, 0.4) is 0 Å². The van der Waals surface area contributed by atoms with E-state index in [2.05, 4.69) is 0 Å². The van der Waals surface area contributed by atoms with Crippen LogP contribution in [0.1, 0.15) is 40.3 Å². The summed E-state index contributed by atoms with van der Waals surface area (Å²) < 4.78 is 12.7. The zero-order chi connectivity index (χ0) is 19.4. The Morgan fingerprint density at radius 2 is 1.96 bits per heavy atom. The number of aryl methyl sites for hydroxylation is 2. The Kier molecular flexibility index (Phi) is 6.15. The van der Waals surface area contributed by atoms with Gasteiger partial charge in [0.15, 0.2) is 12.4 Å². The lowest BCUT2D eigenvalue weighted by Crippen LogP contribution is -2.16. The molecule has 1 atom stereocenters. The van der Waals surface area contributed by atoms with E-state index >= 15 is 0 Å². The van der Waals surface area contributed by atoms with Gasteiger partial charge >= 0.3 is 5.69 Å². The van der Waals surface area contributed by atoms with Gasteiger partial charge in [0.1, 0.15) is 0 Å². The Morgan fingerprint density at radius 1 is 1.27 bits per heavy atom. The van der Waals surface area contributed by atoms with Gasteiger partial charge in [-0.3, -0.25) is 14.9 Å². The highest BCUT2D eigenvalue weighted by Crippen LogP contribution is 2.28. The van der Waals surface area contributed by atoms with Crippen LogP contribution in [0.2, 0.25) is 0 Å². The van der Waals surface area contributed by atoms with E-state index in [0.29, 0.717) is 12.2 Å². The zero-order valence-corrected chi connectivity index (χ0v) is 15.7. The number of carbonyl (C=O) groups is 1. The molecule has 0 bridgehead atoms. The van der Waals surface area contributed by atoms with E-state index < -0.39 is 4.92 Å². The quantitative estimate of drug-likeness (QED) is 0.406. The Labute approximate surface area is 152 Å². The number of ketones is 1. The van der Waals surface area contributed by atoms with Crippen molar-refractivity contribution in [2.45, 2.75) is 33.7 Å². The molecule has 0 spiro atoms. The van der Waals surface area contributed by atoms with E-state index in [-0.39, 0.29) is 29.9 Å². The van der Waals surface area contributed by atoms with Crippen molar-refractivity contribution in [3.05, 3.63) is 56.9 Å². The molecule has 26 heavy (non-hydrogen) atoms. The number of nitrogens with zero attached hydrogens (tertiary/aromatic N) is 2. The number of rotatable bonds is 8. The normalized spacial score (nSPS) is 12.0. The van der Waals surface area contributed by atoms with E-state index in [4.69, 9.17) is 9.47 Å². The van der Waals surface area contributed by atoms with E-state index in [1.807, 2.05) is 38.3 Å². The van der Waals surface area contributed by atoms with Crippen molar-refractivity contribution >= 4 is 11.5 Å². The van der Waals surface area contributed by atoms with Gasteiger partial charge in [0.2, 0.25) is 5.78 Å². The van der Waals surface area contributed by atoms with Crippen molar-refractivity contribution in [2.24, 2.45) is 0 Å². The fourth-order valence-corrected chi connectivity index (χ4v) is 3.16. The number of nitro groups is 1. The van der Waals surface area contributed by atoms with Gasteiger partial charge in [-0.15, -0.1) is 0 Å². The Bertz CT molecular complexity index is 826. The van der Waals surface area contributed by atoms with E-state index in [1.165, 1.54) is 6.07 Å². The van der Waals surface area contributed by atoms with Crippen molar-refractivity contribution in [2.75, 3.05) is 20.3 Å². The molecule has 0 aliphatic heterocycles. The summed E-state index contributed by atoms with van der Waals surface area (Å²) >= 11 is 0. The molecule has 7 heteroatoms. The van der Waals surface area contributed by atoms with Crippen molar-refractivity contribution in [3.8, 4) is 5.75 Å². The average Bonchev–Trinajstić information content (AvgIpc) is 2.87. The third-order valence-corrected chi connectivity index (χ3v) is 4.30. The van der Waals surface area contributed by atoms with Crippen LogP contribution in [0.5, 0.6) is 5.75 Å². The fraction of sp³-hybridized carbons (Fsp3) is 0.421. The first-order valence-corrected chi connectivity index (χ1v) is 8.34. The second-order valence-electron chi connectivity index (χ2n) is 6.40. The van der Waals surface area contributed by atoms with Crippen LogP contribution in [-0.4, -0.2) is 35.6 Å². The summed E-state index contributed by atoms with van der Waals surface area (Å²) in [7, 11) is 1.64. The molecule has 0 saturated carbocycles. The van der Waals surface area contributed by atoms with Crippen LogP contribution in [0.15, 0.2) is 24.3 Å². The summed E-state index contributed by atoms with van der Waals surface area (Å²) in [6.45, 7) is 7.92. The molecular formula is C19H24N2O5. The lowest BCUT2D eigenvalue weighted by molar-refractivity contribution is -0.385. The SMILES string of the molecule is COCC(C)n1c(C)cc(C(=O)COc2cc(C)ccc2[N+](=O)[O-])c1C.